The second-order valence-corrected chi connectivity index (χ2v) is 7.04. The molecule has 0 saturated carbocycles. The minimum Gasteiger partial charge on any atom is -0.365 e. The summed E-state index contributed by atoms with van der Waals surface area (Å²) in [7, 11) is -3.06. The minimum absolute atomic E-state index is 0.0634. The molecule has 0 unspecified atom stereocenters. The third kappa shape index (κ3) is 2.83. The van der Waals surface area contributed by atoms with Crippen molar-refractivity contribution in [2.75, 3.05) is 29.5 Å². The zero-order valence-electron chi connectivity index (χ0n) is 9.50. The molecule has 18 heavy (non-hydrogen) atoms. The van der Waals surface area contributed by atoms with E-state index in [-0.39, 0.29) is 30.3 Å². The van der Waals surface area contributed by atoms with Crippen molar-refractivity contribution < 1.29 is 17.2 Å². The fourth-order valence-electron chi connectivity index (χ4n) is 1.93. The van der Waals surface area contributed by atoms with Crippen molar-refractivity contribution in [1.29, 1.82) is 0 Å². The summed E-state index contributed by atoms with van der Waals surface area (Å²) in [4.78, 5) is 1.45. The van der Waals surface area contributed by atoms with Gasteiger partial charge in [0.05, 0.1) is 11.5 Å². The third-order valence-electron chi connectivity index (χ3n) is 2.89. The van der Waals surface area contributed by atoms with Gasteiger partial charge in [-0.3, -0.25) is 0 Å². The summed E-state index contributed by atoms with van der Waals surface area (Å²) in [5, 5.41) is 0.371. The Labute approximate surface area is 113 Å². The molecule has 100 valence electrons. The van der Waals surface area contributed by atoms with Crippen LogP contribution < -0.4 is 4.90 Å². The van der Waals surface area contributed by atoms with Gasteiger partial charge in [-0.1, -0.05) is 15.9 Å². The lowest BCUT2D eigenvalue weighted by atomic mass is 10.2. The van der Waals surface area contributed by atoms with Gasteiger partial charge >= 0.3 is 0 Å². The number of benzene rings is 1. The van der Waals surface area contributed by atoms with E-state index in [9.17, 15) is 17.2 Å². The van der Waals surface area contributed by atoms with Crippen LogP contribution in [-0.2, 0) is 15.2 Å². The van der Waals surface area contributed by atoms with Gasteiger partial charge in [0.2, 0.25) is 0 Å². The Morgan fingerprint density at radius 2 is 1.67 bits per heavy atom. The molecule has 0 bridgehead atoms. The summed E-state index contributed by atoms with van der Waals surface area (Å²) in [5.41, 5.74) is 0.382. The number of hydrogen-bond acceptors (Lipinski definition) is 3. The Balaban J connectivity index is 2.29. The van der Waals surface area contributed by atoms with Gasteiger partial charge < -0.3 is 4.90 Å². The molecule has 0 spiro atoms. The van der Waals surface area contributed by atoms with E-state index in [1.807, 2.05) is 0 Å². The van der Waals surface area contributed by atoms with Crippen molar-refractivity contribution >= 4 is 31.5 Å². The first-order chi connectivity index (χ1) is 8.43. The zero-order chi connectivity index (χ0) is 13.3. The molecule has 2 rings (SSSR count). The lowest BCUT2D eigenvalue weighted by Gasteiger charge is -2.29. The largest absolute Gasteiger partial charge is 0.365 e. The van der Waals surface area contributed by atoms with Crippen LogP contribution in [0.25, 0.3) is 0 Å². The van der Waals surface area contributed by atoms with Crippen LogP contribution in [0.15, 0.2) is 12.1 Å². The number of anilines is 1. The van der Waals surface area contributed by atoms with Crippen LogP contribution in [0.2, 0.25) is 0 Å². The first kappa shape index (κ1) is 13.7. The maximum atomic E-state index is 13.8. The minimum atomic E-state index is -3.06. The molecule has 1 heterocycles. The second-order valence-electron chi connectivity index (χ2n) is 4.18. The van der Waals surface area contributed by atoms with E-state index >= 15 is 0 Å². The van der Waals surface area contributed by atoms with E-state index in [0.717, 1.165) is 0 Å². The number of halogens is 3. The van der Waals surface area contributed by atoms with Crippen LogP contribution in [0.5, 0.6) is 0 Å². The van der Waals surface area contributed by atoms with Crippen LogP contribution >= 0.6 is 15.9 Å². The van der Waals surface area contributed by atoms with E-state index in [4.69, 9.17) is 0 Å². The molecular weight excluding hydrogens is 328 g/mol. The van der Waals surface area contributed by atoms with Gasteiger partial charge in [0.25, 0.3) is 0 Å². The molecule has 0 atom stereocenters. The highest BCUT2D eigenvalue weighted by atomic mass is 79.9. The highest BCUT2D eigenvalue weighted by Crippen LogP contribution is 2.27. The SMILES string of the molecule is O=S1(=O)CCN(c2c(F)cc(CBr)cc2F)CC1. The molecule has 3 nitrogen and oxygen atoms in total. The summed E-state index contributed by atoms with van der Waals surface area (Å²) >= 11 is 3.14. The monoisotopic (exact) mass is 339 g/mol. The van der Waals surface area contributed by atoms with Crippen LogP contribution in [0.4, 0.5) is 14.5 Å². The number of hydrogen-bond donors (Lipinski definition) is 0. The molecule has 7 heteroatoms. The summed E-state index contributed by atoms with van der Waals surface area (Å²) in [6.45, 7) is 0.258. The van der Waals surface area contributed by atoms with Crippen LogP contribution in [0.3, 0.4) is 0 Å². The van der Waals surface area contributed by atoms with Crippen molar-refractivity contribution in [3.63, 3.8) is 0 Å². The first-order valence-electron chi connectivity index (χ1n) is 5.42. The van der Waals surface area contributed by atoms with Crippen LogP contribution in [0, 0.1) is 11.6 Å². The lowest BCUT2D eigenvalue weighted by Crippen LogP contribution is -2.41. The number of alkyl halides is 1. The molecule has 0 radical (unpaired) electrons. The Hall–Kier alpha value is -0.690. The second kappa shape index (κ2) is 5.13. The van der Waals surface area contributed by atoms with E-state index in [1.54, 1.807) is 0 Å². The van der Waals surface area contributed by atoms with Gasteiger partial charge in [0.15, 0.2) is 9.84 Å². The predicted octanol–water partition coefficient (Wildman–Crippen LogP) is 2.09. The highest BCUT2D eigenvalue weighted by Gasteiger charge is 2.25. The number of sulfone groups is 1. The Bertz CT molecular complexity index is 525. The number of rotatable bonds is 2. The quantitative estimate of drug-likeness (QED) is 0.774. The Morgan fingerprint density at radius 3 is 2.11 bits per heavy atom. The molecule has 1 fully saturated rings. The van der Waals surface area contributed by atoms with Crippen molar-refractivity contribution in [2.45, 2.75) is 5.33 Å². The van der Waals surface area contributed by atoms with E-state index < -0.39 is 21.5 Å². The van der Waals surface area contributed by atoms with Crippen LogP contribution in [-0.4, -0.2) is 33.0 Å². The van der Waals surface area contributed by atoms with Gasteiger partial charge in [0.1, 0.15) is 17.3 Å². The van der Waals surface area contributed by atoms with Gasteiger partial charge in [-0.25, -0.2) is 17.2 Å². The van der Waals surface area contributed by atoms with Crippen molar-refractivity contribution in [1.82, 2.24) is 0 Å². The summed E-state index contributed by atoms with van der Waals surface area (Å²) in [6, 6.07) is 2.52. The van der Waals surface area contributed by atoms with E-state index in [2.05, 4.69) is 15.9 Å². The molecule has 0 N–H and O–H groups in total. The fraction of sp³-hybridized carbons (Fsp3) is 0.455. The van der Waals surface area contributed by atoms with Crippen LogP contribution in [0.1, 0.15) is 5.56 Å². The summed E-state index contributed by atoms with van der Waals surface area (Å²) in [6.07, 6.45) is 0. The van der Waals surface area contributed by atoms with E-state index in [0.29, 0.717) is 10.9 Å². The Morgan fingerprint density at radius 1 is 1.17 bits per heavy atom. The maximum Gasteiger partial charge on any atom is 0.153 e. The fourth-order valence-corrected chi connectivity index (χ4v) is 3.46. The number of nitrogens with zero attached hydrogens (tertiary/aromatic N) is 1. The standard InChI is InChI=1S/C11H12BrF2NO2S/c12-7-8-5-9(13)11(10(14)6-8)15-1-3-18(16,17)4-2-15/h5-6H,1-4,7H2. The maximum absolute atomic E-state index is 13.8. The van der Waals surface area contributed by atoms with E-state index in [1.165, 1.54) is 17.0 Å². The molecule has 1 aliphatic rings. The molecule has 1 aliphatic heterocycles. The van der Waals surface area contributed by atoms with Gasteiger partial charge in [-0.05, 0) is 17.7 Å². The lowest BCUT2D eigenvalue weighted by molar-refractivity contribution is 0.560. The van der Waals surface area contributed by atoms with Gasteiger partial charge in [-0.2, -0.15) is 0 Å². The first-order valence-corrected chi connectivity index (χ1v) is 8.36. The molecule has 1 aromatic carbocycles. The predicted molar refractivity (Wildman–Crippen MR) is 69.9 cm³/mol. The zero-order valence-corrected chi connectivity index (χ0v) is 11.9. The normalized spacial score (nSPS) is 18.9. The third-order valence-corrected chi connectivity index (χ3v) is 5.15. The summed E-state index contributed by atoms with van der Waals surface area (Å²) in [5.74, 6) is -1.43. The average molecular weight is 340 g/mol. The van der Waals surface area contributed by atoms with Crippen molar-refractivity contribution in [3.8, 4) is 0 Å². The highest BCUT2D eigenvalue weighted by molar-refractivity contribution is 9.08. The molecule has 0 amide bonds. The molecule has 0 aromatic heterocycles. The van der Waals surface area contributed by atoms with Crippen molar-refractivity contribution in [2.24, 2.45) is 0 Å². The molecular formula is C11H12BrF2NO2S. The van der Waals surface area contributed by atoms with Gasteiger partial charge in [0, 0.05) is 18.4 Å². The Kier molecular flexibility index (Phi) is 3.91. The van der Waals surface area contributed by atoms with Gasteiger partial charge in [-0.15, -0.1) is 0 Å². The smallest absolute Gasteiger partial charge is 0.153 e. The average Bonchev–Trinajstić information content (AvgIpc) is 2.30. The molecule has 1 saturated heterocycles. The van der Waals surface area contributed by atoms with Crippen molar-refractivity contribution in [3.05, 3.63) is 29.3 Å². The topological polar surface area (TPSA) is 37.4 Å². The molecule has 1 aromatic rings. The summed E-state index contributed by atoms with van der Waals surface area (Å²) < 4.78 is 50.2. The molecule has 0 aliphatic carbocycles.